The van der Waals surface area contributed by atoms with Crippen LogP contribution in [0.15, 0.2) is 41.0 Å². The Balaban J connectivity index is 1.82. The van der Waals surface area contributed by atoms with Crippen molar-refractivity contribution in [2.75, 3.05) is 6.54 Å². The molecule has 2 unspecified atom stereocenters. The van der Waals surface area contributed by atoms with Crippen molar-refractivity contribution in [3.8, 4) is 0 Å². The molecule has 0 saturated carbocycles. The number of hydrogen-bond acceptors (Lipinski definition) is 4. The van der Waals surface area contributed by atoms with E-state index in [0.717, 1.165) is 17.0 Å². The number of halogens is 2. The van der Waals surface area contributed by atoms with E-state index in [2.05, 4.69) is 5.32 Å². The van der Waals surface area contributed by atoms with Gasteiger partial charge in [-0.05, 0) is 25.1 Å². The summed E-state index contributed by atoms with van der Waals surface area (Å²) in [7, 11) is 0. The highest BCUT2D eigenvalue weighted by Crippen LogP contribution is 2.30. The van der Waals surface area contributed by atoms with Crippen LogP contribution in [0.2, 0.25) is 0 Å². The van der Waals surface area contributed by atoms with E-state index in [1.165, 1.54) is 19.3 Å². The second-order valence-corrected chi connectivity index (χ2v) is 5.63. The van der Waals surface area contributed by atoms with Crippen LogP contribution in [0.4, 0.5) is 13.6 Å². The molecule has 1 fully saturated rings. The number of aliphatic hydroxyl groups excluding tert-OH is 1. The zero-order valence-electron chi connectivity index (χ0n) is 12.6. The molecule has 0 bridgehead atoms. The van der Waals surface area contributed by atoms with Gasteiger partial charge in [0.2, 0.25) is 0 Å². The Hall–Kier alpha value is -2.74. The van der Waals surface area contributed by atoms with Crippen LogP contribution in [0.3, 0.4) is 0 Å². The maximum Gasteiger partial charge on any atom is 0.325 e. The highest BCUT2D eigenvalue weighted by molar-refractivity contribution is 6.06. The number of aliphatic hydroxyl groups is 1. The third-order valence-corrected chi connectivity index (χ3v) is 3.97. The fraction of sp³-hybridized carbons (Fsp3) is 0.250. The van der Waals surface area contributed by atoms with Crippen molar-refractivity contribution >= 4 is 11.9 Å². The van der Waals surface area contributed by atoms with Crippen LogP contribution in [0, 0.1) is 11.6 Å². The predicted molar refractivity (Wildman–Crippen MR) is 77.6 cm³/mol. The summed E-state index contributed by atoms with van der Waals surface area (Å²) in [6.07, 6.45) is -0.120. The summed E-state index contributed by atoms with van der Waals surface area (Å²) >= 11 is 0. The number of amides is 3. The minimum atomic E-state index is -1.49. The van der Waals surface area contributed by atoms with Crippen molar-refractivity contribution in [1.82, 2.24) is 10.2 Å². The molecule has 1 aliphatic heterocycles. The van der Waals surface area contributed by atoms with Crippen LogP contribution in [0.5, 0.6) is 0 Å². The number of β-amino-alcohol motifs (C(OH)–C–C–N with tert-alkyl or cyclic N) is 1. The van der Waals surface area contributed by atoms with E-state index in [0.29, 0.717) is 6.07 Å². The highest BCUT2D eigenvalue weighted by atomic mass is 19.1. The van der Waals surface area contributed by atoms with Gasteiger partial charge in [0.25, 0.3) is 5.91 Å². The zero-order chi connectivity index (χ0) is 17.5. The van der Waals surface area contributed by atoms with Gasteiger partial charge in [-0.15, -0.1) is 0 Å². The van der Waals surface area contributed by atoms with Crippen molar-refractivity contribution < 1.29 is 27.9 Å². The Labute approximate surface area is 135 Å². The smallest absolute Gasteiger partial charge is 0.325 e. The Kier molecular flexibility index (Phi) is 3.84. The number of carbonyl (C=O) groups excluding carboxylic acids is 2. The Morgan fingerprint density at radius 1 is 1.33 bits per heavy atom. The first-order valence-electron chi connectivity index (χ1n) is 7.14. The van der Waals surface area contributed by atoms with E-state index in [9.17, 15) is 23.5 Å². The molecule has 1 aromatic heterocycles. The lowest BCUT2D eigenvalue weighted by Gasteiger charge is -2.21. The Morgan fingerprint density at radius 2 is 2.08 bits per heavy atom. The maximum absolute atomic E-state index is 13.7. The van der Waals surface area contributed by atoms with Gasteiger partial charge in [0.15, 0.2) is 5.54 Å². The van der Waals surface area contributed by atoms with Gasteiger partial charge in [0, 0.05) is 11.6 Å². The summed E-state index contributed by atoms with van der Waals surface area (Å²) in [6, 6.07) is 5.06. The fourth-order valence-electron chi connectivity index (χ4n) is 2.64. The number of urea groups is 1. The number of hydrogen-bond donors (Lipinski definition) is 2. The van der Waals surface area contributed by atoms with Gasteiger partial charge in [-0.2, -0.15) is 0 Å². The van der Waals surface area contributed by atoms with Crippen LogP contribution in [0.1, 0.15) is 24.4 Å². The molecule has 2 heterocycles. The van der Waals surface area contributed by atoms with E-state index >= 15 is 0 Å². The molecule has 126 valence electrons. The third-order valence-electron chi connectivity index (χ3n) is 3.97. The lowest BCUT2D eigenvalue weighted by molar-refractivity contribution is -0.132. The summed E-state index contributed by atoms with van der Waals surface area (Å²) in [5.41, 5.74) is -1.61. The molecule has 2 N–H and O–H groups in total. The normalized spacial score (nSPS) is 21.9. The minimum absolute atomic E-state index is 0.205. The molecule has 1 aliphatic rings. The van der Waals surface area contributed by atoms with E-state index < -0.39 is 41.8 Å². The third kappa shape index (κ3) is 2.54. The van der Waals surface area contributed by atoms with E-state index in [1.54, 1.807) is 6.07 Å². The molecule has 1 saturated heterocycles. The van der Waals surface area contributed by atoms with Gasteiger partial charge in [-0.1, -0.05) is 6.07 Å². The predicted octanol–water partition coefficient (Wildman–Crippen LogP) is 2.06. The van der Waals surface area contributed by atoms with Crippen LogP contribution in [-0.4, -0.2) is 28.5 Å². The van der Waals surface area contributed by atoms with E-state index in [-0.39, 0.29) is 11.3 Å². The van der Waals surface area contributed by atoms with Crippen LogP contribution in [0.25, 0.3) is 0 Å². The van der Waals surface area contributed by atoms with Crippen molar-refractivity contribution in [2.45, 2.75) is 18.6 Å². The molecule has 0 spiro atoms. The molecule has 1 aromatic carbocycles. The molecule has 2 atom stereocenters. The molecule has 24 heavy (non-hydrogen) atoms. The van der Waals surface area contributed by atoms with Crippen LogP contribution >= 0.6 is 0 Å². The van der Waals surface area contributed by atoms with Crippen molar-refractivity contribution in [2.24, 2.45) is 0 Å². The summed E-state index contributed by atoms with van der Waals surface area (Å²) in [6.45, 7) is 1.00. The fourth-order valence-corrected chi connectivity index (χ4v) is 2.64. The molecule has 3 amide bonds. The standard InChI is InChI=1S/C16H14F2N2O4/c1-16(13-3-2-6-24-13)14(22)20(15(23)19-16)8-12(21)10-5-4-9(17)7-11(10)18/h2-7,12,21H,8H2,1H3,(H,19,23). The van der Waals surface area contributed by atoms with Gasteiger partial charge in [0.05, 0.1) is 18.9 Å². The number of furan rings is 1. The first kappa shape index (κ1) is 16.1. The van der Waals surface area contributed by atoms with Gasteiger partial charge < -0.3 is 14.8 Å². The monoisotopic (exact) mass is 336 g/mol. The zero-order valence-corrected chi connectivity index (χ0v) is 12.6. The quantitative estimate of drug-likeness (QED) is 0.837. The topological polar surface area (TPSA) is 82.8 Å². The SMILES string of the molecule is CC1(c2ccco2)NC(=O)N(CC(O)c2ccc(F)cc2F)C1=O. The average molecular weight is 336 g/mol. The number of carbonyl (C=O) groups is 2. The second-order valence-electron chi connectivity index (χ2n) is 5.63. The van der Waals surface area contributed by atoms with Crippen molar-refractivity contribution in [3.63, 3.8) is 0 Å². The minimum Gasteiger partial charge on any atom is -0.466 e. The second kappa shape index (κ2) is 5.72. The Morgan fingerprint density at radius 3 is 2.71 bits per heavy atom. The van der Waals surface area contributed by atoms with Crippen LogP contribution in [-0.2, 0) is 10.3 Å². The maximum atomic E-state index is 13.7. The molecular formula is C16H14F2N2O4. The lowest BCUT2D eigenvalue weighted by atomic mass is 9.99. The number of imide groups is 1. The molecule has 6 nitrogen and oxygen atoms in total. The van der Waals surface area contributed by atoms with E-state index in [4.69, 9.17) is 4.42 Å². The number of nitrogens with one attached hydrogen (secondary N) is 1. The van der Waals surface area contributed by atoms with Gasteiger partial charge in [-0.25, -0.2) is 13.6 Å². The van der Waals surface area contributed by atoms with Crippen molar-refractivity contribution in [3.05, 3.63) is 59.6 Å². The number of rotatable bonds is 4. The molecule has 0 radical (unpaired) electrons. The molecule has 3 rings (SSSR count). The molecule has 8 heteroatoms. The lowest BCUT2D eigenvalue weighted by Crippen LogP contribution is -2.41. The Bertz CT molecular complexity index is 793. The van der Waals surface area contributed by atoms with Crippen molar-refractivity contribution in [1.29, 1.82) is 0 Å². The molecule has 2 aromatic rings. The molecular weight excluding hydrogens is 322 g/mol. The van der Waals surface area contributed by atoms with Gasteiger partial charge >= 0.3 is 6.03 Å². The average Bonchev–Trinajstić information content (AvgIpc) is 3.12. The summed E-state index contributed by atoms with van der Waals surface area (Å²) in [5, 5.41) is 12.6. The van der Waals surface area contributed by atoms with E-state index in [1.807, 2.05) is 0 Å². The van der Waals surface area contributed by atoms with Gasteiger partial charge in [0.1, 0.15) is 17.4 Å². The summed E-state index contributed by atoms with van der Waals surface area (Å²) in [5.74, 6) is -2.14. The highest BCUT2D eigenvalue weighted by Gasteiger charge is 2.51. The van der Waals surface area contributed by atoms with Gasteiger partial charge in [-0.3, -0.25) is 9.69 Å². The number of nitrogens with zero attached hydrogens (tertiary/aromatic N) is 1. The summed E-state index contributed by atoms with van der Waals surface area (Å²) < 4.78 is 31.8. The first-order chi connectivity index (χ1) is 11.3. The summed E-state index contributed by atoms with van der Waals surface area (Å²) in [4.78, 5) is 25.4. The first-order valence-corrected chi connectivity index (χ1v) is 7.14. The number of benzene rings is 1. The van der Waals surface area contributed by atoms with Crippen LogP contribution < -0.4 is 5.32 Å². The molecule has 0 aliphatic carbocycles. The largest absolute Gasteiger partial charge is 0.466 e.